The Bertz CT molecular complexity index is 1400. The van der Waals surface area contributed by atoms with Crippen LogP contribution in [0.5, 0.6) is 0 Å². The van der Waals surface area contributed by atoms with Gasteiger partial charge in [-0.25, -0.2) is 4.98 Å². The molecule has 0 N–H and O–H groups in total. The minimum Gasteiger partial charge on any atom is -0.450 e. The van der Waals surface area contributed by atoms with Gasteiger partial charge in [-0.2, -0.15) is 0 Å². The second-order valence-electron chi connectivity index (χ2n) is 7.63. The third-order valence-electron chi connectivity index (χ3n) is 5.73. The Labute approximate surface area is 187 Å². The van der Waals surface area contributed by atoms with Crippen LogP contribution in [0.25, 0.3) is 11.0 Å². The Kier molecular flexibility index (Phi) is 4.72. The summed E-state index contributed by atoms with van der Waals surface area (Å²) >= 11 is 7.69. The first-order valence-corrected chi connectivity index (χ1v) is 11.2. The normalized spacial score (nSPS) is 15.7. The topological polar surface area (TPSA) is 63.4 Å². The molecule has 2 aromatic carbocycles. The number of thiazole rings is 1. The monoisotopic (exact) mass is 450 g/mol. The largest absolute Gasteiger partial charge is 0.450 e. The fourth-order valence-electron chi connectivity index (χ4n) is 3.99. The van der Waals surface area contributed by atoms with Gasteiger partial charge in [0.05, 0.1) is 22.7 Å². The second-order valence-corrected chi connectivity index (χ2v) is 9.25. The molecule has 0 fully saturated rings. The van der Waals surface area contributed by atoms with Crippen LogP contribution in [0.3, 0.4) is 0 Å². The van der Waals surface area contributed by atoms with Crippen LogP contribution in [0.15, 0.2) is 51.7 Å². The molecule has 1 amide bonds. The molecular formula is C24H19ClN2O3S. The maximum absolute atomic E-state index is 13.7. The van der Waals surface area contributed by atoms with Crippen LogP contribution in [-0.2, 0) is 6.42 Å². The molecule has 5 rings (SSSR count). The van der Waals surface area contributed by atoms with Crippen molar-refractivity contribution in [3.05, 3.63) is 90.7 Å². The highest BCUT2D eigenvalue weighted by molar-refractivity contribution is 7.15. The van der Waals surface area contributed by atoms with Crippen molar-refractivity contribution in [2.45, 2.75) is 33.2 Å². The van der Waals surface area contributed by atoms with E-state index in [9.17, 15) is 9.59 Å². The van der Waals surface area contributed by atoms with Crippen LogP contribution in [0.1, 0.15) is 50.8 Å². The molecule has 2 aromatic heterocycles. The number of anilines is 1. The first-order chi connectivity index (χ1) is 14.9. The number of carbonyl (C=O) groups is 1. The predicted octanol–water partition coefficient (Wildman–Crippen LogP) is 5.83. The van der Waals surface area contributed by atoms with E-state index >= 15 is 0 Å². The maximum Gasteiger partial charge on any atom is 0.297 e. The zero-order valence-electron chi connectivity index (χ0n) is 17.2. The number of rotatable bonds is 3. The number of hydrogen-bond donors (Lipinski definition) is 0. The molecule has 0 spiro atoms. The van der Waals surface area contributed by atoms with E-state index in [1.165, 1.54) is 11.3 Å². The van der Waals surface area contributed by atoms with E-state index in [0.717, 1.165) is 28.1 Å². The number of fused-ring (bicyclic) bond motifs is 2. The van der Waals surface area contributed by atoms with Crippen molar-refractivity contribution in [3.8, 4) is 0 Å². The van der Waals surface area contributed by atoms with Crippen molar-refractivity contribution >= 4 is 44.9 Å². The summed E-state index contributed by atoms with van der Waals surface area (Å²) in [7, 11) is 0. The molecule has 5 nitrogen and oxygen atoms in total. The van der Waals surface area contributed by atoms with E-state index in [-0.39, 0.29) is 17.1 Å². The zero-order valence-corrected chi connectivity index (χ0v) is 18.8. The minimum absolute atomic E-state index is 0.0669. The number of carbonyl (C=O) groups excluding carboxylic acids is 1. The van der Waals surface area contributed by atoms with Crippen LogP contribution < -0.4 is 10.3 Å². The lowest BCUT2D eigenvalue weighted by atomic mass is 9.98. The van der Waals surface area contributed by atoms with Crippen molar-refractivity contribution < 1.29 is 9.21 Å². The summed E-state index contributed by atoms with van der Waals surface area (Å²) in [6.07, 6.45) is 0.799. The summed E-state index contributed by atoms with van der Waals surface area (Å²) in [5.41, 5.74) is 3.17. The summed E-state index contributed by atoms with van der Waals surface area (Å²) in [5, 5.41) is 1.55. The van der Waals surface area contributed by atoms with Crippen molar-refractivity contribution in [2.24, 2.45) is 0 Å². The maximum atomic E-state index is 13.7. The quantitative estimate of drug-likeness (QED) is 0.393. The molecule has 1 aliphatic rings. The van der Waals surface area contributed by atoms with Gasteiger partial charge in [-0.3, -0.25) is 14.5 Å². The fourth-order valence-corrected chi connectivity index (χ4v) is 5.12. The number of hydrogen-bond acceptors (Lipinski definition) is 5. The summed E-state index contributed by atoms with van der Waals surface area (Å²) in [6, 6.07) is 12.1. The van der Waals surface area contributed by atoms with Gasteiger partial charge in [0.2, 0.25) is 5.76 Å². The number of benzene rings is 2. The third-order valence-corrected chi connectivity index (χ3v) is 7.04. The molecule has 0 saturated heterocycles. The van der Waals surface area contributed by atoms with Gasteiger partial charge in [0.15, 0.2) is 10.6 Å². The molecule has 4 aromatic rings. The standard InChI is InChI=1S/C24H19ClN2O3S/c1-4-14-8-9-18-17(10-14)21(28)19-20(15-6-5-7-16(25)11-15)27(23(29)22(19)30-18)24-26-12(2)13(3)31-24/h5-11,20H,4H2,1-3H3. The van der Waals surface area contributed by atoms with E-state index in [1.54, 1.807) is 23.1 Å². The zero-order chi connectivity index (χ0) is 21.9. The number of halogens is 1. The van der Waals surface area contributed by atoms with E-state index in [1.807, 2.05) is 45.0 Å². The average Bonchev–Trinajstić information content (AvgIpc) is 3.24. The summed E-state index contributed by atoms with van der Waals surface area (Å²) < 4.78 is 6.02. The highest BCUT2D eigenvalue weighted by Gasteiger charge is 2.45. The van der Waals surface area contributed by atoms with Crippen LogP contribution in [0.4, 0.5) is 5.13 Å². The fraction of sp³-hybridized carbons (Fsp3) is 0.208. The average molecular weight is 451 g/mol. The molecule has 31 heavy (non-hydrogen) atoms. The lowest BCUT2D eigenvalue weighted by molar-refractivity contribution is 0.0971. The first kappa shape index (κ1) is 20.0. The summed E-state index contributed by atoms with van der Waals surface area (Å²) in [4.78, 5) is 34.4. The van der Waals surface area contributed by atoms with Crippen LogP contribution >= 0.6 is 22.9 Å². The predicted molar refractivity (Wildman–Crippen MR) is 124 cm³/mol. The molecule has 1 atom stereocenters. The third kappa shape index (κ3) is 3.09. The smallest absolute Gasteiger partial charge is 0.297 e. The Morgan fingerprint density at radius 1 is 1.16 bits per heavy atom. The Morgan fingerprint density at radius 2 is 1.97 bits per heavy atom. The molecule has 0 saturated carbocycles. The molecule has 156 valence electrons. The molecule has 1 aliphatic heterocycles. The van der Waals surface area contributed by atoms with Crippen molar-refractivity contribution in [3.63, 3.8) is 0 Å². The van der Waals surface area contributed by atoms with Gasteiger partial charge in [-0.05, 0) is 55.7 Å². The Hall–Kier alpha value is -2.96. The highest BCUT2D eigenvalue weighted by atomic mass is 35.5. The first-order valence-electron chi connectivity index (χ1n) is 10.0. The number of aryl methyl sites for hydroxylation is 3. The Morgan fingerprint density at radius 3 is 2.65 bits per heavy atom. The number of amides is 1. The van der Waals surface area contributed by atoms with E-state index in [2.05, 4.69) is 4.98 Å². The van der Waals surface area contributed by atoms with E-state index in [0.29, 0.717) is 26.7 Å². The molecule has 1 unspecified atom stereocenters. The summed E-state index contributed by atoms with van der Waals surface area (Å²) in [5.74, 6) is -0.301. The second kappa shape index (κ2) is 7.32. The van der Waals surface area contributed by atoms with Gasteiger partial charge in [-0.15, -0.1) is 11.3 Å². The number of aromatic nitrogens is 1. The van der Waals surface area contributed by atoms with Gasteiger partial charge in [0.25, 0.3) is 5.91 Å². The van der Waals surface area contributed by atoms with Crippen molar-refractivity contribution in [1.29, 1.82) is 0 Å². The molecule has 0 bridgehead atoms. The van der Waals surface area contributed by atoms with Gasteiger partial charge >= 0.3 is 0 Å². The van der Waals surface area contributed by atoms with Crippen LogP contribution in [-0.4, -0.2) is 10.9 Å². The number of nitrogens with zero attached hydrogens (tertiary/aromatic N) is 2. The van der Waals surface area contributed by atoms with Gasteiger partial charge in [0.1, 0.15) is 5.58 Å². The lowest BCUT2D eigenvalue weighted by Gasteiger charge is -2.22. The minimum atomic E-state index is -0.655. The molecule has 0 radical (unpaired) electrons. The molecule has 3 heterocycles. The summed E-state index contributed by atoms with van der Waals surface area (Å²) in [6.45, 7) is 5.90. The molecule has 0 aliphatic carbocycles. The van der Waals surface area contributed by atoms with Gasteiger partial charge in [0, 0.05) is 9.90 Å². The van der Waals surface area contributed by atoms with Crippen molar-refractivity contribution in [1.82, 2.24) is 4.98 Å². The van der Waals surface area contributed by atoms with Crippen molar-refractivity contribution in [2.75, 3.05) is 4.90 Å². The van der Waals surface area contributed by atoms with Crippen LogP contribution in [0.2, 0.25) is 5.02 Å². The van der Waals surface area contributed by atoms with Crippen LogP contribution in [0, 0.1) is 13.8 Å². The molecular weight excluding hydrogens is 432 g/mol. The highest BCUT2D eigenvalue weighted by Crippen LogP contribution is 2.43. The lowest BCUT2D eigenvalue weighted by Crippen LogP contribution is -2.29. The SMILES string of the molecule is CCc1ccc2oc3c(c(=O)c2c1)C(c1cccc(Cl)c1)N(c1nc(C)c(C)s1)C3=O. The van der Waals surface area contributed by atoms with Gasteiger partial charge < -0.3 is 4.42 Å². The van der Waals surface area contributed by atoms with Gasteiger partial charge in [-0.1, -0.05) is 36.7 Å². The van der Waals surface area contributed by atoms with E-state index < -0.39 is 6.04 Å². The van der Waals surface area contributed by atoms with E-state index in [4.69, 9.17) is 16.0 Å². The Balaban J connectivity index is 1.82. The molecule has 7 heteroatoms.